The van der Waals surface area contributed by atoms with Gasteiger partial charge in [0, 0.05) is 12.2 Å². The molecule has 0 radical (unpaired) electrons. The predicted molar refractivity (Wildman–Crippen MR) is 56.9 cm³/mol. The van der Waals surface area contributed by atoms with Gasteiger partial charge in [-0.3, -0.25) is 4.72 Å². The maximum Gasteiger partial charge on any atom is 0.300 e. The first-order chi connectivity index (χ1) is 6.94. The highest BCUT2D eigenvalue weighted by molar-refractivity contribution is 7.90. The monoisotopic (exact) mass is 231 g/mol. The Balaban J connectivity index is 2.94. The molecule has 6 nitrogen and oxygen atoms in total. The molecule has 1 aromatic heterocycles. The summed E-state index contributed by atoms with van der Waals surface area (Å²) in [5.41, 5.74) is 0.613. The van der Waals surface area contributed by atoms with Crippen molar-refractivity contribution in [2.75, 3.05) is 11.3 Å². The van der Waals surface area contributed by atoms with Crippen molar-refractivity contribution in [3.8, 4) is 5.75 Å². The molecule has 7 heteroatoms. The van der Waals surface area contributed by atoms with Crippen molar-refractivity contribution in [3.63, 3.8) is 0 Å². The fraction of sp³-hybridized carbons (Fsp3) is 0.375. The van der Waals surface area contributed by atoms with Crippen LogP contribution < -0.4 is 9.44 Å². The molecule has 1 rings (SSSR count). The zero-order chi connectivity index (χ0) is 11.5. The summed E-state index contributed by atoms with van der Waals surface area (Å²) in [6.45, 7) is 3.62. The number of aromatic hydroxyl groups is 1. The van der Waals surface area contributed by atoms with E-state index in [9.17, 15) is 13.5 Å². The molecule has 0 saturated carbocycles. The second-order valence-corrected chi connectivity index (χ2v) is 4.42. The topological polar surface area (TPSA) is 91.3 Å². The smallest absolute Gasteiger partial charge is 0.300 e. The number of hydrogen-bond acceptors (Lipinski definition) is 4. The molecule has 0 saturated heterocycles. The van der Waals surface area contributed by atoms with Crippen LogP contribution in [0.25, 0.3) is 0 Å². The fourth-order valence-corrected chi connectivity index (χ4v) is 1.83. The van der Waals surface area contributed by atoms with Crippen LogP contribution >= 0.6 is 0 Å². The van der Waals surface area contributed by atoms with E-state index in [1.165, 1.54) is 6.07 Å². The minimum Gasteiger partial charge on any atom is -0.504 e. The van der Waals surface area contributed by atoms with Crippen LogP contribution in [0.5, 0.6) is 5.75 Å². The molecule has 15 heavy (non-hydrogen) atoms. The molecular formula is C8H13N3O3S. The zero-order valence-electron chi connectivity index (χ0n) is 8.48. The van der Waals surface area contributed by atoms with Gasteiger partial charge in [0.15, 0.2) is 11.6 Å². The van der Waals surface area contributed by atoms with E-state index in [-0.39, 0.29) is 18.1 Å². The summed E-state index contributed by atoms with van der Waals surface area (Å²) in [6, 6.07) is 2.96. The first kappa shape index (κ1) is 11.7. The number of rotatable bonds is 4. The van der Waals surface area contributed by atoms with Gasteiger partial charge in [-0.25, -0.2) is 4.98 Å². The van der Waals surface area contributed by atoms with Gasteiger partial charge in [0.05, 0.1) is 0 Å². The number of nitrogens with one attached hydrogen (secondary N) is 2. The number of aromatic nitrogens is 1. The number of pyridine rings is 1. The Hall–Kier alpha value is -1.34. The zero-order valence-corrected chi connectivity index (χ0v) is 9.30. The summed E-state index contributed by atoms with van der Waals surface area (Å²) in [5, 5.41) is 9.35. The maximum atomic E-state index is 11.3. The lowest BCUT2D eigenvalue weighted by molar-refractivity contribution is 0.475. The Morgan fingerprint density at radius 1 is 1.47 bits per heavy atom. The molecule has 0 spiro atoms. The molecule has 1 heterocycles. The Kier molecular flexibility index (Phi) is 3.48. The van der Waals surface area contributed by atoms with E-state index in [0.29, 0.717) is 5.69 Å². The second kappa shape index (κ2) is 4.45. The van der Waals surface area contributed by atoms with Crippen molar-refractivity contribution in [2.24, 2.45) is 0 Å². The SMILES string of the molecule is CCNS(=O)(=O)Nc1nc(C)ccc1O. The molecule has 0 atom stereocenters. The Morgan fingerprint density at radius 3 is 2.73 bits per heavy atom. The highest BCUT2D eigenvalue weighted by Gasteiger charge is 2.12. The van der Waals surface area contributed by atoms with E-state index in [4.69, 9.17) is 0 Å². The van der Waals surface area contributed by atoms with Crippen LogP contribution in [0, 0.1) is 6.92 Å². The van der Waals surface area contributed by atoms with Crippen LogP contribution in [0.1, 0.15) is 12.6 Å². The summed E-state index contributed by atoms with van der Waals surface area (Å²) < 4.78 is 26.9. The highest BCUT2D eigenvalue weighted by atomic mass is 32.2. The van der Waals surface area contributed by atoms with Gasteiger partial charge in [0.2, 0.25) is 0 Å². The standard InChI is InChI=1S/C8H13N3O3S/c1-3-9-15(13,14)11-8-7(12)5-4-6(2)10-8/h4-5,9,12H,3H2,1-2H3,(H,10,11). The van der Waals surface area contributed by atoms with Crippen LogP contribution in [-0.4, -0.2) is 25.1 Å². The van der Waals surface area contributed by atoms with Gasteiger partial charge >= 0.3 is 0 Å². The Labute approximate surface area is 88.5 Å². The third kappa shape index (κ3) is 3.37. The van der Waals surface area contributed by atoms with Crippen LogP contribution in [0.15, 0.2) is 12.1 Å². The van der Waals surface area contributed by atoms with E-state index in [1.54, 1.807) is 19.9 Å². The van der Waals surface area contributed by atoms with Crippen molar-refractivity contribution in [2.45, 2.75) is 13.8 Å². The van der Waals surface area contributed by atoms with Crippen LogP contribution in [0.2, 0.25) is 0 Å². The molecule has 0 aliphatic carbocycles. The third-order valence-electron chi connectivity index (χ3n) is 1.58. The molecule has 84 valence electrons. The maximum absolute atomic E-state index is 11.3. The number of nitrogens with zero attached hydrogens (tertiary/aromatic N) is 1. The summed E-state index contributed by atoms with van der Waals surface area (Å²) in [6.07, 6.45) is 0. The van der Waals surface area contributed by atoms with Crippen molar-refractivity contribution in [1.29, 1.82) is 0 Å². The highest BCUT2D eigenvalue weighted by Crippen LogP contribution is 2.20. The average Bonchev–Trinajstić information content (AvgIpc) is 2.10. The second-order valence-electron chi connectivity index (χ2n) is 2.92. The molecule has 0 unspecified atom stereocenters. The van der Waals surface area contributed by atoms with Gasteiger partial charge < -0.3 is 5.11 Å². The summed E-state index contributed by atoms with van der Waals surface area (Å²) in [5.74, 6) is -0.280. The first-order valence-corrected chi connectivity index (χ1v) is 5.87. The van der Waals surface area contributed by atoms with Gasteiger partial charge in [0.25, 0.3) is 10.2 Å². The normalized spacial score (nSPS) is 11.3. The lowest BCUT2D eigenvalue weighted by Crippen LogP contribution is -2.30. The molecule has 0 aliphatic rings. The van der Waals surface area contributed by atoms with Crippen molar-refractivity contribution < 1.29 is 13.5 Å². The van der Waals surface area contributed by atoms with Gasteiger partial charge in [-0.15, -0.1) is 0 Å². The quantitative estimate of drug-likeness (QED) is 0.697. The van der Waals surface area contributed by atoms with Crippen LogP contribution in [-0.2, 0) is 10.2 Å². The third-order valence-corrected chi connectivity index (χ3v) is 2.71. The minimum absolute atomic E-state index is 0.0732. The van der Waals surface area contributed by atoms with E-state index in [1.807, 2.05) is 0 Å². The predicted octanol–water partition coefficient (Wildman–Crippen LogP) is 0.362. The van der Waals surface area contributed by atoms with Gasteiger partial charge in [-0.2, -0.15) is 13.1 Å². The summed E-state index contributed by atoms with van der Waals surface area (Å²) in [4.78, 5) is 3.86. The van der Waals surface area contributed by atoms with Crippen molar-refractivity contribution in [1.82, 2.24) is 9.71 Å². The Bertz CT molecular complexity index is 444. The lowest BCUT2D eigenvalue weighted by Gasteiger charge is -2.08. The van der Waals surface area contributed by atoms with Gasteiger partial charge in [-0.1, -0.05) is 6.92 Å². The fourth-order valence-electron chi connectivity index (χ4n) is 0.978. The number of hydrogen-bond donors (Lipinski definition) is 3. The molecule has 0 bridgehead atoms. The lowest BCUT2D eigenvalue weighted by atomic mass is 10.3. The van der Waals surface area contributed by atoms with Crippen LogP contribution in [0.3, 0.4) is 0 Å². The molecule has 3 N–H and O–H groups in total. The summed E-state index contributed by atoms with van der Waals surface area (Å²) >= 11 is 0. The van der Waals surface area contributed by atoms with E-state index >= 15 is 0 Å². The van der Waals surface area contributed by atoms with E-state index in [0.717, 1.165) is 0 Å². The summed E-state index contributed by atoms with van der Waals surface area (Å²) in [7, 11) is -3.65. The molecule has 1 aromatic rings. The Morgan fingerprint density at radius 2 is 2.13 bits per heavy atom. The average molecular weight is 231 g/mol. The van der Waals surface area contributed by atoms with Gasteiger partial charge in [0.1, 0.15) is 0 Å². The van der Waals surface area contributed by atoms with E-state index in [2.05, 4.69) is 14.4 Å². The molecule has 0 amide bonds. The minimum atomic E-state index is -3.65. The van der Waals surface area contributed by atoms with Crippen LogP contribution in [0.4, 0.5) is 5.82 Å². The van der Waals surface area contributed by atoms with Crippen molar-refractivity contribution in [3.05, 3.63) is 17.8 Å². The van der Waals surface area contributed by atoms with Gasteiger partial charge in [-0.05, 0) is 19.1 Å². The molecule has 0 aliphatic heterocycles. The molecule has 0 fully saturated rings. The van der Waals surface area contributed by atoms with E-state index < -0.39 is 10.2 Å². The van der Waals surface area contributed by atoms with Crippen molar-refractivity contribution >= 4 is 16.0 Å². The molecule has 0 aromatic carbocycles. The largest absolute Gasteiger partial charge is 0.504 e. The molecular weight excluding hydrogens is 218 g/mol. The number of anilines is 1. The first-order valence-electron chi connectivity index (χ1n) is 4.38. The number of aryl methyl sites for hydroxylation is 1.